The van der Waals surface area contributed by atoms with Gasteiger partial charge in [-0.05, 0) is 30.7 Å². The predicted octanol–water partition coefficient (Wildman–Crippen LogP) is 4.68. The smallest absolute Gasteiger partial charge is 0.415 e. The number of nitrogens with one attached hydrogen (secondary N) is 1. The Morgan fingerprint density at radius 1 is 0.867 bits per heavy atom. The SMILES string of the molecule is C[C@@H]1OC(=O)N(c2ccc(-c3n[nH]c(=O)c4ccccc34)cc2)[C@@H]1c1ccccc1. The van der Waals surface area contributed by atoms with Gasteiger partial charge in [0.05, 0.1) is 11.1 Å². The van der Waals surface area contributed by atoms with Gasteiger partial charge >= 0.3 is 6.09 Å². The Labute approximate surface area is 172 Å². The van der Waals surface area contributed by atoms with E-state index < -0.39 is 0 Å². The van der Waals surface area contributed by atoms with E-state index in [0.29, 0.717) is 11.1 Å². The highest BCUT2D eigenvalue weighted by Crippen LogP contribution is 2.38. The minimum absolute atomic E-state index is 0.198. The van der Waals surface area contributed by atoms with Crippen molar-refractivity contribution in [2.75, 3.05) is 4.90 Å². The molecule has 1 aromatic heterocycles. The zero-order valence-electron chi connectivity index (χ0n) is 16.3. The number of amides is 1. The number of carbonyl (C=O) groups excluding carboxylic acids is 1. The van der Waals surface area contributed by atoms with E-state index in [4.69, 9.17) is 4.74 Å². The maximum absolute atomic E-state index is 12.6. The number of anilines is 1. The highest BCUT2D eigenvalue weighted by atomic mass is 16.6. The Morgan fingerprint density at radius 2 is 1.53 bits per heavy atom. The molecule has 1 saturated heterocycles. The Hall–Kier alpha value is -3.93. The molecule has 2 heterocycles. The third kappa shape index (κ3) is 2.93. The molecule has 0 unspecified atom stereocenters. The Kier molecular flexibility index (Phi) is 4.32. The second-order valence-electron chi connectivity index (χ2n) is 7.31. The molecular weight excluding hydrogens is 378 g/mol. The first-order chi connectivity index (χ1) is 14.6. The molecule has 1 N–H and O–H groups in total. The van der Waals surface area contributed by atoms with Crippen molar-refractivity contribution in [3.63, 3.8) is 0 Å². The topological polar surface area (TPSA) is 75.3 Å². The third-order valence-corrected chi connectivity index (χ3v) is 5.46. The zero-order valence-corrected chi connectivity index (χ0v) is 16.3. The summed E-state index contributed by atoms with van der Waals surface area (Å²) in [4.78, 5) is 26.3. The number of cyclic esters (lactones) is 1. The highest BCUT2D eigenvalue weighted by Gasteiger charge is 2.41. The van der Waals surface area contributed by atoms with Crippen molar-refractivity contribution >= 4 is 22.6 Å². The number of ether oxygens (including phenoxy) is 1. The van der Waals surface area contributed by atoms with Crippen LogP contribution >= 0.6 is 0 Å². The fraction of sp³-hybridized carbons (Fsp3) is 0.125. The molecular formula is C24H19N3O3. The van der Waals surface area contributed by atoms with E-state index in [2.05, 4.69) is 10.2 Å². The summed E-state index contributed by atoms with van der Waals surface area (Å²) in [7, 11) is 0. The van der Waals surface area contributed by atoms with Crippen molar-refractivity contribution in [2.45, 2.75) is 19.1 Å². The molecule has 3 aromatic carbocycles. The fourth-order valence-corrected chi connectivity index (χ4v) is 4.05. The van der Waals surface area contributed by atoms with Crippen molar-refractivity contribution in [3.05, 3.63) is 94.8 Å². The normalized spacial score (nSPS) is 18.6. The molecule has 0 spiro atoms. The van der Waals surface area contributed by atoms with E-state index in [0.717, 1.165) is 22.2 Å². The average Bonchev–Trinajstić information content (AvgIpc) is 3.08. The van der Waals surface area contributed by atoms with Crippen LogP contribution in [-0.4, -0.2) is 22.4 Å². The monoisotopic (exact) mass is 397 g/mol. The molecule has 4 aromatic rings. The molecule has 6 heteroatoms. The second kappa shape index (κ2) is 7.15. The summed E-state index contributed by atoms with van der Waals surface area (Å²) >= 11 is 0. The Balaban J connectivity index is 1.55. The molecule has 2 atom stereocenters. The van der Waals surface area contributed by atoms with E-state index in [1.165, 1.54) is 0 Å². The molecule has 0 radical (unpaired) electrons. The number of rotatable bonds is 3. The summed E-state index contributed by atoms with van der Waals surface area (Å²) in [5.74, 6) is 0. The largest absolute Gasteiger partial charge is 0.444 e. The van der Waals surface area contributed by atoms with Gasteiger partial charge in [0.1, 0.15) is 12.1 Å². The lowest BCUT2D eigenvalue weighted by Gasteiger charge is -2.24. The summed E-state index contributed by atoms with van der Waals surface area (Å²) in [6, 6.07) is 24.6. The summed E-state index contributed by atoms with van der Waals surface area (Å²) < 4.78 is 5.52. The van der Waals surface area contributed by atoms with Gasteiger partial charge in [-0.25, -0.2) is 9.89 Å². The predicted molar refractivity (Wildman–Crippen MR) is 115 cm³/mol. The summed E-state index contributed by atoms with van der Waals surface area (Å²) in [6.07, 6.45) is -0.624. The summed E-state index contributed by atoms with van der Waals surface area (Å²) in [5.41, 5.74) is 3.09. The van der Waals surface area contributed by atoms with Gasteiger partial charge in [-0.1, -0.05) is 60.7 Å². The maximum Gasteiger partial charge on any atom is 0.415 e. The van der Waals surface area contributed by atoms with Gasteiger partial charge in [-0.2, -0.15) is 5.10 Å². The van der Waals surface area contributed by atoms with Crippen LogP contribution in [-0.2, 0) is 4.74 Å². The molecule has 1 aliphatic heterocycles. The standard InChI is InChI=1S/C24H19N3O3/c1-15-22(17-7-3-2-4-8-17)27(24(29)30-15)18-13-11-16(12-14-18)21-19-9-5-6-10-20(19)23(28)26-25-21/h2-15,22H,1H3,(H,26,28)/t15-,22-/m0/s1. The van der Waals surface area contributed by atoms with Crippen LogP contribution in [0.4, 0.5) is 10.5 Å². The number of carbonyl (C=O) groups is 1. The number of fused-ring (bicyclic) bond motifs is 1. The van der Waals surface area contributed by atoms with Gasteiger partial charge in [0, 0.05) is 16.6 Å². The maximum atomic E-state index is 12.6. The Morgan fingerprint density at radius 3 is 2.27 bits per heavy atom. The molecule has 1 amide bonds. The zero-order chi connectivity index (χ0) is 20.7. The van der Waals surface area contributed by atoms with E-state index in [1.807, 2.05) is 79.7 Å². The van der Waals surface area contributed by atoms with Crippen LogP contribution in [0.2, 0.25) is 0 Å². The van der Waals surface area contributed by atoms with Crippen LogP contribution in [0, 0.1) is 0 Å². The average molecular weight is 397 g/mol. The number of nitrogens with zero attached hydrogens (tertiary/aromatic N) is 2. The van der Waals surface area contributed by atoms with E-state index >= 15 is 0 Å². The van der Waals surface area contributed by atoms with E-state index in [9.17, 15) is 9.59 Å². The third-order valence-electron chi connectivity index (χ3n) is 5.46. The first kappa shape index (κ1) is 18.1. The van der Waals surface area contributed by atoms with Crippen molar-refractivity contribution in [3.8, 4) is 11.3 Å². The Bertz CT molecular complexity index is 1280. The van der Waals surface area contributed by atoms with Crippen LogP contribution in [0.15, 0.2) is 83.7 Å². The number of benzene rings is 3. The number of hydrogen-bond donors (Lipinski definition) is 1. The first-order valence-corrected chi connectivity index (χ1v) is 9.76. The lowest BCUT2D eigenvalue weighted by atomic mass is 10.0. The lowest BCUT2D eigenvalue weighted by Crippen LogP contribution is -2.28. The number of H-pyrrole nitrogens is 1. The van der Waals surface area contributed by atoms with Crippen LogP contribution in [0.25, 0.3) is 22.0 Å². The van der Waals surface area contributed by atoms with Gasteiger partial charge in [-0.15, -0.1) is 0 Å². The van der Waals surface area contributed by atoms with Crippen LogP contribution in [0.5, 0.6) is 0 Å². The van der Waals surface area contributed by atoms with Crippen molar-refractivity contribution < 1.29 is 9.53 Å². The molecule has 1 aliphatic rings. The highest BCUT2D eigenvalue weighted by molar-refractivity contribution is 5.95. The van der Waals surface area contributed by atoms with Crippen LogP contribution in [0.3, 0.4) is 0 Å². The van der Waals surface area contributed by atoms with E-state index in [1.54, 1.807) is 11.0 Å². The van der Waals surface area contributed by atoms with Crippen molar-refractivity contribution in [1.29, 1.82) is 0 Å². The summed E-state index contributed by atoms with van der Waals surface area (Å²) in [6.45, 7) is 1.90. The van der Waals surface area contributed by atoms with Gasteiger partial charge < -0.3 is 4.74 Å². The number of aromatic amines is 1. The molecule has 1 fully saturated rings. The number of hydrogen-bond acceptors (Lipinski definition) is 4. The van der Waals surface area contributed by atoms with Crippen molar-refractivity contribution in [1.82, 2.24) is 10.2 Å². The molecule has 30 heavy (non-hydrogen) atoms. The van der Waals surface area contributed by atoms with Gasteiger partial charge in [0.25, 0.3) is 5.56 Å². The molecule has 0 bridgehead atoms. The van der Waals surface area contributed by atoms with Crippen LogP contribution in [0.1, 0.15) is 18.5 Å². The molecule has 0 aliphatic carbocycles. The van der Waals surface area contributed by atoms with E-state index in [-0.39, 0.29) is 23.8 Å². The molecule has 6 nitrogen and oxygen atoms in total. The lowest BCUT2D eigenvalue weighted by molar-refractivity contribution is 0.141. The minimum Gasteiger partial charge on any atom is -0.444 e. The quantitative estimate of drug-likeness (QED) is 0.545. The van der Waals surface area contributed by atoms with Gasteiger partial charge in [0.2, 0.25) is 0 Å². The van der Waals surface area contributed by atoms with Crippen LogP contribution < -0.4 is 10.5 Å². The molecule has 0 saturated carbocycles. The first-order valence-electron chi connectivity index (χ1n) is 9.76. The van der Waals surface area contributed by atoms with Gasteiger partial charge in [-0.3, -0.25) is 9.69 Å². The fourth-order valence-electron chi connectivity index (χ4n) is 4.05. The molecule has 5 rings (SSSR count). The summed E-state index contributed by atoms with van der Waals surface area (Å²) in [5, 5.41) is 8.19. The van der Waals surface area contributed by atoms with Gasteiger partial charge in [0.15, 0.2) is 0 Å². The van der Waals surface area contributed by atoms with Crippen molar-refractivity contribution in [2.24, 2.45) is 0 Å². The number of aromatic nitrogens is 2. The minimum atomic E-state index is -0.364. The molecule has 148 valence electrons. The second-order valence-corrected chi connectivity index (χ2v) is 7.31.